The molecule has 32 heavy (non-hydrogen) atoms. The Morgan fingerprint density at radius 1 is 1.12 bits per heavy atom. The lowest BCUT2D eigenvalue weighted by molar-refractivity contribution is -0.119. The monoisotopic (exact) mass is 454 g/mol. The first-order valence-electron chi connectivity index (χ1n) is 10.4. The molecule has 0 spiro atoms. The smallest absolute Gasteiger partial charge is 0.341 e. The zero-order chi connectivity index (χ0) is 23.3. The Bertz CT molecular complexity index is 1150. The Hall–Kier alpha value is -3.26. The third-order valence-corrected chi connectivity index (χ3v) is 5.57. The molecule has 8 heteroatoms. The molecule has 0 bridgehead atoms. The predicted octanol–water partition coefficient (Wildman–Crippen LogP) is 4.78. The van der Waals surface area contributed by atoms with Crippen LogP contribution in [0.15, 0.2) is 35.7 Å². The second-order valence-corrected chi connectivity index (χ2v) is 8.62. The van der Waals surface area contributed by atoms with Crippen LogP contribution in [0.1, 0.15) is 52.7 Å². The fourth-order valence-electron chi connectivity index (χ4n) is 3.35. The molecule has 0 saturated heterocycles. The van der Waals surface area contributed by atoms with E-state index in [-0.39, 0.29) is 6.61 Å². The summed E-state index contributed by atoms with van der Waals surface area (Å²) in [5.41, 5.74) is 2.90. The maximum absolute atomic E-state index is 12.7. The van der Waals surface area contributed by atoms with Crippen molar-refractivity contribution in [3.63, 3.8) is 0 Å². The van der Waals surface area contributed by atoms with Gasteiger partial charge < -0.3 is 14.8 Å². The summed E-state index contributed by atoms with van der Waals surface area (Å²) in [4.78, 5) is 42.0. The molecular weight excluding hydrogens is 428 g/mol. The van der Waals surface area contributed by atoms with Crippen molar-refractivity contribution in [1.29, 1.82) is 0 Å². The highest BCUT2D eigenvalue weighted by Crippen LogP contribution is 2.31. The lowest BCUT2D eigenvalue weighted by Gasteiger charge is -2.11. The highest BCUT2D eigenvalue weighted by molar-refractivity contribution is 7.15. The molecule has 0 aliphatic carbocycles. The topological polar surface area (TPSA) is 94.6 Å². The van der Waals surface area contributed by atoms with Crippen molar-refractivity contribution in [3.05, 3.63) is 58.1 Å². The minimum absolute atomic E-state index is 0.236. The summed E-state index contributed by atoms with van der Waals surface area (Å²) in [5.74, 6) is -1.28. The van der Waals surface area contributed by atoms with E-state index < -0.39 is 24.5 Å². The molecule has 2 aromatic heterocycles. The van der Waals surface area contributed by atoms with Crippen LogP contribution in [0.4, 0.5) is 5.00 Å². The van der Waals surface area contributed by atoms with Crippen LogP contribution in [-0.2, 0) is 20.7 Å². The van der Waals surface area contributed by atoms with Crippen LogP contribution >= 0.6 is 11.3 Å². The molecule has 2 heterocycles. The van der Waals surface area contributed by atoms with Crippen molar-refractivity contribution in [2.24, 2.45) is 5.92 Å². The van der Waals surface area contributed by atoms with Crippen LogP contribution in [0, 0.1) is 12.8 Å². The third-order valence-electron chi connectivity index (χ3n) is 4.63. The van der Waals surface area contributed by atoms with Gasteiger partial charge in [-0.15, -0.1) is 11.3 Å². The molecule has 0 atom stereocenters. The van der Waals surface area contributed by atoms with Crippen molar-refractivity contribution in [3.8, 4) is 0 Å². The molecular formula is C24H26N2O5S. The number of thiophene rings is 1. The standard InChI is InChI=1S/C24H26N2O5S/c1-5-30-24(29)21-16(10-14(2)3)13-32-22(21)26-20(27)12-31-23(28)18-11-15(4)25-19-9-7-6-8-17(18)19/h6-9,11,13-14H,5,10,12H2,1-4H3,(H,26,27). The van der Waals surface area contributed by atoms with E-state index in [1.807, 2.05) is 23.6 Å². The number of benzene rings is 1. The number of amides is 1. The normalized spacial score (nSPS) is 10.9. The highest BCUT2D eigenvalue weighted by Gasteiger charge is 2.23. The zero-order valence-corrected chi connectivity index (χ0v) is 19.4. The number of anilines is 1. The minimum Gasteiger partial charge on any atom is -0.462 e. The summed E-state index contributed by atoms with van der Waals surface area (Å²) in [7, 11) is 0. The summed E-state index contributed by atoms with van der Waals surface area (Å²) < 4.78 is 10.4. The third kappa shape index (κ3) is 5.50. The summed E-state index contributed by atoms with van der Waals surface area (Å²) in [5, 5.41) is 5.59. The van der Waals surface area contributed by atoms with E-state index in [1.165, 1.54) is 11.3 Å². The number of fused-ring (bicyclic) bond motifs is 1. The lowest BCUT2D eigenvalue weighted by atomic mass is 10.0. The molecule has 0 aliphatic heterocycles. The Morgan fingerprint density at radius 2 is 1.88 bits per heavy atom. The molecule has 3 rings (SSSR count). The van der Waals surface area contributed by atoms with E-state index in [9.17, 15) is 14.4 Å². The number of carbonyl (C=O) groups excluding carboxylic acids is 3. The number of carbonyl (C=O) groups is 3. The molecule has 1 amide bonds. The van der Waals surface area contributed by atoms with Crippen LogP contribution in [0.5, 0.6) is 0 Å². The molecule has 1 N–H and O–H groups in total. The second kappa shape index (κ2) is 10.4. The number of pyridine rings is 1. The van der Waals surface area contributed by atoms with Crippen molar-refractivity contribution in [2.45, 2.75) is 34.1 Å². The number of hydrogen-bond donors (Lipinski definition) is 1. The van der Waals surface area contributed by atoms with Gasteiger partial charge in [0.1, 0.15) is 5.00 Å². The van der Waals surface area contributed by atoms with Gasteiger partial charge in [-0.3, -0.25) is 9.78 Å². The fourth-order valence-corrected chi connectivity index (χ4v) is 4.33. The Kier molecular flexibility index (Phi) is 7.58. The zero-order valence-electron chi connectivity index (χ0n) is 18.6. The largest absolute Gasteiger partial charge is 0.462 e. The van der Waals surface area contributed by atoms with Crippen LogP contribution in [-0.4, -0.2) is 36.0 Å². The second-order valence-electron chi connectivity index (χ2n) is 7.74. The fraction of sp³-hybridized carbons (Fsp3) is 0.333. The van der Waals surface area contributed by atoms with Crippen LogP contribution in [0.2, 0.25) is 0 Å². The van der Waals surface area contributed by atoms with Crippen LogP contribution in [0.3, 0.4) is 0 Å². The highest BCUT2D eigenvalue weighted by atomic mass is 32.1. The van der Waals surface area contributed by atoms with Crippen molar-refractivity contribution < 1.29 is 23.9 Å². The average Bonchev–Trinajstić information content (AvgIpc) is 3.12. The van der Waals surface area contributed by atoms with E-state index in [1.54, 1.807) is 26.0 Å². The molecule has 7 nitrogen and oxygen atoms in total. The maximum atomic E-state index is 12.7. The molecule has 0 unspecified atom stereocenters. The van der Waals surface area contributed by atoms with Gasteiger partial charge in [0, 0.05) is 11.1 Å². The number of nitrogens with zero attached hydrogens (tertiary/aromatic N) is 1. The van der Waals surface area contributed by atoms with Crippen molar-refractivity contribution >= 4 is 45.1 Å². The number of ether oxygens (including phenoxy) is 2. The van der Waals surface area contributed by atoms with E-state index in [4.69, 9.17) is 9.47 Å². The van der Waals surface area contributed by atoms with Gasteiger partial charge in [-0.05, 0) is 49.3 Å². The number of para-hydroxylation sites is 1. The Morgan fingerprint density at radius 3 is 2.59 bits per heavy atom. The Labute approximate surface area is 190 Å². The summed E-state index contributed by atoms with van der Waals surface area (Å²) in [6.07, 6.45) is 0.684. The van der Waals surface area contributed by atoms with Crippen LogP contribution < -0.4 is 5.32 Å². The van der Waals surface area contributed by atoms with E-state index in [0.29, 0.717) is 45.1 Å². The molecule has 0 radical (unpaired) electrons. The molecule has 1 aromatic carbocycles. The van der Waals surface area contributed by atoms with E-state index >= 15 is 0 Å². The number of esters is 2. The predicted molar refractivity (Wildman–Crippen MR) is 124 cm³/mol. The van der Waals surface area contributed by atoms with Gasteiger partial charge in [0.25, 0.3) is 5.91 Å². The van der Waals surface area contributed by atoms with Gasteiger partial charge in [0.15, 0.2) is 6.61 Å². The molecule has 0 fully saturated rings. The van der Waals surface area contributed by atoms with Gasteiger partial charge >= 0.3 is 11.9 Å². The quantitative estimate of drug-likeness (QED) is 0.493. The van der Waals surface area contributed by atoms with Gasteiger partial charge in [-0.2, -0.15) is 0 Å². The van der Waals surface area contributed by atoms with Gasteiger partial charge in [-0.1, -0.05) is 32.0 Å². The molecule has 0 aliphatic rings. The van der Waals surface area contributed by atoms with E-state index in [2.05, 4.69) is 24.1 Å². The molecule has 3 aromatic rings. The number of rotatable bonds is 8. The first kappa shape index (κ1) is 23.4. The summed E-state index contributed by atoms with van der Waals surface area (Å²) in [6.45, 7) is 7.38. The van der Waals surface area contributed by atoms with Gasteiger partial charge in [0.2, 0.25) is 0 Å². The van der Waals surface area contributed by atoms with Gasteiger partial charge in [-0.25, -0.2) is 9.59 Å². The first-order valence-corrected chi connectivity index (χ1v) is 11.3. The van der Waals surface area contributed by atoms with Crippen molar-refractivity contribution in [2.75, 3.05) is 18.5 Å². The first-order chi connectivity index (χ1) is 15.3. The summed E-state index contributed by atoms with van der Waals surface area (Å²) in [6, 6.07) is 8.89. The maximum Gasteiger partial charge on any atom is 0.341 e. The minimum atomic E-state index is -0.612. The average molecular weight is 455 g/mol. The lowest BCUT2D eigenvalue weighted by Crippen LogP contribution is -2.22. The van der Waals surface area contributed by atoms with Crippen molar-refractivity contribution in [1.82, 2.24) is 4.98 Å². The number of aryl methyl sites for hydroxylation is 1. The Balaban J connectivity index is 1.72. The van der Waals surface area contributed by atoms with Crippen LogP contribution in [0.25, 0.3) is 10.9 Å². The van der Waals surface area contributed by atoms with E-state index in [0.717, 1.165) is 5.56 Å². The number of aromatic nitrogens is 1. The SMILES string of the molecule is CCOC(=O)c1c(CC(C)C)csc1NC(=O)COC(=O)c1cc(C)nc2ccccc12. The summed E-state index contributed by atoms with van der Waals surface area (Å²) >= 11 is 1.25. The molecule has 0 saturated carbocycles. The number of hydrogen-bond acceptors (Lipinski definition) is 7. The van der Waals surface area contributed by atoms with Gasteiger partial charge in [0.05, 0.1) is 23.3 Å². The number of nitrogens with one attached hydrogen (secondary N) is 1. The molecule has 168 valence electrons.